The first-order valence-corrected chi connectivity index (χ1v) is 6.80. The number of hydrogen-bond donors (Lipinski definition) is 0. The van der Waals surface area contributed by atoms with E-state index in [0.717, 1.165) is 5.57 Å². The molecule has 1 aliphatic rings. The third-order valence-corrected chi connectivity index (χ3v) is 3.54. The van der Waals surface area contributed by atoms with Gasteiger partial charge in [-0.25, -0.2) is 4.39 Å². The fraction of sp³-hybridized carbons (Fsp3) is 0.400. The highest BCUT2D eigenvalue weighted by Gasteiger charge is 2.23. The number of benzene rings is 1. The predicted octanol–water partition coefficient (Wildman–Crippen LogP) is 4.23. The molecule has 0 bridgehead atoms. The molecule has 0 fully saturated rings. The summed E-state index contributed by atoms with van der Waals surface area (Å²) in [5.74, 6) is -0.541. The van der Waals surface area contributed by atoms with Crippen LogP contribution in [0.25, 0.3) is 5.57 Å². The third kappa shape index (κ3) is 3.35. The van der Waals surface area contributed by atoms with Crippen molar-refractivity contribution in [1.82, 2.24) is 0 Å². The molecular formula is C15H16ClFO2. The molecule has 1 aromatic rings. The van der Waals surface area contributed by atoms with Crippen LogP contribution in [0.1, 0.15) is 31.7 Å². The molecule has 0 aromatic heterocycles. The zero-order valence-electron chi connectivity index (χ0n) is 10.8. The van der Waals surface area contributed by atoms with E-state index in [-0.39, 0.29) is 17.7 Å². The second kappa shape index (κ2) is 6.20. The Hall–Kier alpha value is -1.35. The Kier molecular flexibility index (Phi) is 4.59. The topological polar surface area (TPSA) is 26.3 Å². The molecule has 1 aromatic carbocycles. The van der Waals surface area contributed by atoms with Crippen molar-refractivity contribution in [3.63, 3.8) is 0 Å². The molecule has 2 rings (SSSR count). The molecule has 0 amide bonds. The Morgan fingerprint density at radius 1 is 1.53 bits per heavy atom. The van der Waals surface area contributed by atoms with Crippen molar-refractivity contribution in [2.75, 3.05) is 6.61 Å². The van der Waals surface area contributed by atoms with Gasteiger partial charge in [0.2, 0.25) is 0 Å². The van der Waals surface area contributed by atoms with Gasteiger partial charge in [-0.3, -0.25) is 4.79 Å². The second-order valence-corrected chi connectivity index (χ2v) is 5.01. The Morgan fingerprint density at radius 2 is 2.32 bits per heavy atom. The summed E-state index contributed by atoms with van der Waals surface area (Å²) in [7, 11) is 0. The first kappa shape index (κ1) is 14.1. The maximum atomic E-state index is 13.7. The van der Waals surface area contributed by atoms with Crippen LogP contribution in [0, 0.1) is 11.7 Å². The van der Waals surface area contributed by atoms with Crippen LogP contribution in [0.2, 0.25) is 5.02 Å². The highest BCUT2D eigenvalue weighted by atomic mass is 35.5. The summed E-state index contributed by atoms with van der Waals surface area (Å²) in [5, 5.41) is 0.518. The molecule has 19 heavy (non-hydrogen) atoms. The summed E-state index contributed by atoms with van der Waals surface area (Å²) in [4.78, 5) is 11.6. The lowest BCUT2D eigenvalue weighted by atomic mass is 9.86. The van der Waals surface area contributed by atoms with Gasteiger partial charge in [0, 0.05) is 10.6 Å². The molecule has 0 heterocycles. The lowest BCUT2D eigenvalue weighted by molar-refractivity contribution is -0.148. The predicted molar refractivity (Wildman–Crippen MR) is 73.4 cm³/mol. The standard InChI is InChI=1S/C15H16ClFO2/c1-2-19-15(18)11-5-3-10(4-6-11)13-9-12(16)7-8-14(13)17/h3,7-9,11H,2,4-6H2,1H3. The number of esters is 1. The van der Waals surface area contributed by atoms with E-state index in [0.29, 0.717) is 36.5 Å². The number of hydrogen-bond acceptors (Lipinski definition) is 2. The van der Waals surface area contributed by atoms with Crippen LogP contribution < -0.4 is 0 Å². The van der Waals surface area contributed by atoms with E-state index in [1.807, 2.05) is 6.08 Å². The summed E-state index contributed by atoms with van der Waals surface area (Å²) >= 11 is 5.89. The average Bonchev–Trinajstić information content (AvgIpc) is 2.42. The van der Waals surface area contributed by atoms with Gasteiger partial charge in [0.05, 0.1) is 12.5 Å². The summed E-state index contributed by atoms with van der Waals surface area (Å²) < 4.78 is 18.7. The van der Waals surface area contributed by atoms with Gasteiger partial charge in [-0.05, 0) is 50.0 Å². The lowest BCUT2D eigenvalue weighted by Gasteiger charge is -2.21. The Labute approximate surface area is 117 Å². The van der Waals surface area contributed by atoms with E-state index in [4.69, 9.17) is 16.3 Å². The van der Waals surface area contributed by atoms with Crippen molar-refractivity contribution in [2.45, 2.75) is 26.2 Å². The Balaban J connectivity index is 2.12. The van der Waals surface area contributed by atoms with Crippen LogP contribution >= 0.6 is 11.6 Å². The van der Waals surface area contributed by atoms with Crippen molar-refractivity contribution in [2.24, 2.45) is 5.92 Å². The zero-order valence-corrected chi connectivity index (χ0v) is 11.5. The maximum Gasteiger partial charge on any atom is 0.309 e. The van der Waals surface area contributed by atoms with Gasteiger partial charge >= 0.3 is 5.97 Å². The highest BCUT2D eigenvalue weighted by Crippen LogP contribution is 2.33. The maximum absolute atomic E-state index is 13.7. The molecule has 2 nitrogen and oxygen atoms in total. The number of ether oxygens (including phenoxy) is 1. The number of halogens is 2. The normalized spacial score (nSPS) is 18.9. The molecule has 0 spiro atoms. The summed E-state index contributed by atoms with van der Waals surface area (Å²) in [5.41, 5.74) is 1.45. The largest absolute Gasteiger partial charge is 0.466 e. The van der Waals surface area contributed by atoms with E-state index in [9.17, 15) is 9.18 Å². The zero-order chi connectivity index (χ0) is 13.8. The van der Waals surface area contributed by atoms with Crippen molar-refractivity contribution in [3.8, 4) is 0 Å². The minimum Gasteiger partial charge on any atom is -0.466 e. The summed E-state index contributed by atoms with van der Waals surface area (Å²) in [6.45, 7) is 2.19. The molecule has 1 atom stereocenters. The number of rotatable bonds is 3. The van der Waals surface area contributed by atoms with Crippen LogP contribution in [0.5, 0.6) is 0 Å². The average molecular weight is 283 g/mol. The Bertz CT molecular complexity index is 511. The first-order chi connectivity index (χ1) is 9.11. The van der Waals surface area contributed by atoms with Gasteiger partial charge in [0.15, 0.2) is 0 Å². The van der Waals surface area contributed by atoms with Crippen LogP contribution in [0.3, 0.4) is 0 Å². The first-order valence-electron chi connectivity index (χ1n) is 6.43. The van der Waals surface area contributed by atoms with Crippen LogP contribution in [0.4, 0.5) is 4.39 Å². The van der Waals surface area contributed by atoms with Gasteiger partial charge in [-0.2, -0.15) is 0 Å². The molecule has 0 saturated heterocycles. The molecule has 1 aliphatic carbocycles. The number of carbonyl (C=O) groups is 1. The molecule has 1 unspecified atom stereocenters. The molecule has 0 N–H and O–H groups in total. The van der Waals surface area contributed by atoms with Crippen LogP contribution in [0.15, 0.2) is 24.3 Å². The highest BCUT2D eigenvalue weighted by molar-refractivity contribution is 6.30. The second-order valence-electron chi connectivity index (χ2n) is 4.58. The number of allylic oxidation sites excluding steroid dienone is 2. The molecule has 0 radical (unpaired) electrons. The van der Waals surface area contributed by atoms with Gasteiger partial charge in [0.25, 0.3) is 0 Å². The van der Waals surface area contributed by atoms with E-state index in [1.165, 1.54) is 12.1 Å². The van der Waals surface area contributed by atoms with Crippen LogP contribution in [-0.4, -0.2) is 12.6 Å². The molecule has 0 saturated carbocycles. The third-order valence-electron chi connectivity index (χ3n) is 3.31. The summed E-state index contributed by atoms with van der Waals surface area (Å²) in [6, 6.07) is 4.54. The van der Waals surface area contributed by atoms with Crippen molar-refractivity contribution in [3.05, 3.63) is 40.7 Å². The Morgan fingerprint density at radius 3 is 2.95 bits per heavy atom. The van der Waals surface area contributed by atoms with Crippen molar-refractivity contribution in [1.29, 1.82) is 0 Å². The summed E-state index contributed by atoms with van der Waals surface area (Å²) in [6.07, 6.45) is 3.87. The van der Waals surface area contributed by atoms with Gasteiger partial charge in [-0.1, -0.05) is 17.7 Å². The molecule has 102 valence electrons. The van der Waals surface area contributed by atoms with Gasteiger partial charge in [-0.15, -0.1) is 0 Å². The number of carbonyl (C=O) groups excluding carboxylic acids is 1. The monoisotopic (exact) mass is 282 g/mol. The van der Waals surface area contributed by atoms with Gasteiger partial charge in [0.1, 0.15) is 5.82 Å². The van der Waals surface area contributed by atoms with Crippen molar-refractivity contribution < 1.29 is 13.9 Å². The van der Waals surface area contributed by atoms with Crippen LogP contribution in [-0.2, 0) is 9.53 Å². The van der Waals surface area contributed by atoms with E-state index in [2.05, 4.69) is 0 Å². The molecule has 4 heteroatoms. The SMILES string of the molecule is CCOC(=O)C1CC=C(c2cc(Cl)ccc2F)CC1. The van der Waals surface area contributed by atoms with E-state index >= 15 is 0 Å². The smallest absolute Gasteiger partial charge is 0.309 e. The quantitative estimate of drug-likeness (QED) is 0.776. The van der Waals surface area contributed by atoms with Gasteiger partial charge < -0.3 is 4.74 Å². The fourth-order valence-corrected chi connectivity index (χ4v) is 2.47. The van der Waals surface area contributed by atoms with E-state index < -0.39 is 0 Å². The minimum atomic E-state index is -0.273. The fourth-order valence-electron chi connectivity index (χ4n) is 2.30. The van der Waals surface area contributed by atoms with E-state index in [1.54, 1.807) is 13.0 Å². The molecule has 0 aliphatic heterocycles. The molecular weight excluding hydrogens is 267 g/mol. The lowest BCUT2D eigenvalue weighted by Crippen LogP contribution is -2.19. The van der Waals surface area contributed by atoms with Crippen molar-refractivity contribution >= 4 is 23.1 Å². The minimum absolute atomic E-state index is 0.106.